The monoisotopic (exact) mass is 179 g/mol. The number of nitrogens with zero attached hydrogens (tertiary/aromatic N) is 1. The Bertz CT molecular complexity index is 308. The van der Waals surface area contributed by atoms with Crippen LogP contribution in [0, 0.1) is 0 Å². The molecule has 0 aliphatic carbocycles. The summed E-state index contributed by atoms with van der Waals surface area (Å²) in [7, 11) is 1.59. The number of hydrogen-bond acceptors (Lipinski definition) is 3. The molecular weight excluding hydrogens is 166 g/mol. The molecule has 0 heterocycles. The van der Waals surface area contributed by atoms with Crippen molar-refractivity contribution in [3.63, 3.8) is 0 Å². The van der Waals surface area contributed by atoms with Crippen molar-refractivity contribution < 1.29 is 9.84 Å². The lowest BCUT2D eigenvalue weighted by Crippen LogP contribution is -1.87. The summed E-state index contributed by atoms with van der Waals surface area (Å²) in [6.45, 7) is 2.64. The molecule has 70 valence electrons. The molecule has 3 heteroatoms. The maximum absolute atomic E-state index is 9.41. The molecule has 0 atom stereocenters. The van der Waals surface area contributed by atoms with E-state index in [0.717, 1.165) is 5.75 Å². The van der Waals surface area contributed by atoms with E-state index >= 15 is 0 Å². The highest BCUT2D eigenvalue weighted by atomic mass is 16.5. The van der Waals surface area contributed by atoms with Crippen molar-refractivity contribution in [3.05, 3.63) is 23.8 Å². The second kappa shape index (κ2) is 4.50. The minimum absolute atomic E-state index is 0.220. The van der Waals surface area contributed by atoms with Gasteiger partial charge in [-0.3, -0.25) is 4.99 Å². The average Bonchev–Trinajstić information content (AvgIpc) is 2.17. The molecule has 0 amide bonds. The van der Waals surface area contributed by atoms with Gasteiger partial charge in [0.05, 0.1) is 7.11 Å². The van der Waals surface area contributed by atoms with Crippen LogP contribution in [0.25, 0.3) is 0 Å². The lowest BCUT2D eigenvalue weighted by atomic mass is 10.2. The van der Waals surface area contributed by atoms with E-state index in [2.05, 4.69) is 4.99 Å². The van der Waals surface area contributed by atoms with Gasteiger partial charge in [-0.1, -0.05) is 0 Å². The van der Waals surface area contributed by atoms with Crippen LogP contribution < -0.4 is 4.74 Å². The van der Waals surface area contributed by atoms with Crippen molar-refractivity contribution in [2.45, 2.75) is 6.92 Å². The normalized spacial score (nSPS) is 10.6. The van der Waals surface area contributed by atoms with E-state index in [4.69, 9.17) is 4.74 Å². The Morgan fingerprint density at radius 2 is 2.31 bits per heavy atom. The first-order valence-corrected chi connectivity index (χ1v) is 4.14. The molecule has 0 fully saturated rings. The zero-order valence-electron chi connectivity index (χ0n) is 7.82. The first kappa shape index (κ1) is 9.58. The average molecular weight is 179 g/mol. The largest absolute Gasteiger partial charge is 0.507 e. The highest BCUT2D eigenvalue weighted by Crippen LogP contribution is 2.20. The summed E-state index contributed by atoms with van der Waals surface area (Å²) in [5.41, 5.74) is 0.682. The lowest BCUT2D eigenvalue weighted by molar-refractivity contribution is 0.412. The number of methoxy groups -OCH3 is 1. The van der Waals surface area contributed by atoms with Crippen molar-refractivity contribution in [1.82, 2.24) is 0 Å². The SMILES string of the molecule is CCN=Cc1cc(OC)ccc1O. The first-order valence-electron chi connectivity index (χ1n) is 4.14. The van der Waals surface area contributed by atoms with Gasteiger partial charge in [0, 0.05) is 18.3 Å². The molecule has 0 bridgehead atoms. The number of ether oxygens (including phenoxy) is 1. The van der Waals surface area contributed by atoms with Gasteiger partial charge in [-0.15, -0.1) is 0 Å². The van der Waals surface area contributed by atoms with Crippen molar-refractivity contribution in [3.8, 4) is 11.5 Å². The third-order valence-electron chi connectivity index (χ3n) is 1.65. The van der Waals surface area contributed by atoms with Gasteiger partial charge in [0.15, 0.2) is 0 Å². The van der Waals surface area contributed by atoms with Crippen LogP contribution >= 0.6 is 0 Å². The second-order valence-electron chi connectivity index (χ2n) is 2.55. The van der Waals surface area contributed by atoms with Gasteiger partial charge in [0.2, 0.25) is 0 Å². The zero-order chi connectivity index (χ0) is 9.68. The van der Waals surface area contributed by atoms with Gasteiger partial charge < -0.3 is 9.84 Å². The molecule has 0 aliphatic heterocycles. The van der Waals surface area contributed by atoms with E-state index in [1.807, 2.05) is 6.92 Å². The summed E-state index contributed by atoms with van der Waals surface area (Å²) < 4.78 is 5.02. The van der Waals surface area contributed by atoms with E-state index < -0.39 is 0 Å². The van der Waals surface area contributed by atoms with Crippen molar-refractivity contribution >= 4 is 6.21 Å². The van der Waals surface area contributed by atoms with Gasteiger partial charge in [0.25, 0.3) is 0 Å². The fourth-order valence-corrected chi connectivity index (χ4v) is 0.953. The molecule has 0 aliphatic rings. The molecule has 0 saturated carbocycles. The molecular formula is C10H13NO2. The van der Waals surface area contributed by atoms with Crippen LogP contribution in [0.1, 0.15) is 12.5 Å². The van der Waals surface area contributed by atoms with Gasteiger partial charge in [-0.25, -0.2) is 0 Å². The van der Waals surface area contributed by atoms with Crippen LogP contribution in [0.5, 0.6) is 11.5 Å². The van der Waals surface area contributed by atoms with Crippen molar-refractivity contribution in [1.29, 1.82) is 0 Å². The molecule has 0 spiro atoms. The van der Waals surface area contributed by atoms with Gasteiger partial charge in [-0.05, 0) is 25.1 Å². The highest BCUT2D eigenvalue weighted by molar-refractivity contribution is 5.84. The number of rotatable bonds is 3. The summed E-state index contributed by atoms with van der Waals surface area (Å²) >= 11 is 0. The molecule has 3 nitrogen and oxygen atoms in total. The van der Waals surface area contributed by atoms with E-state index in [0.29, 0.717) is 12.1 Å². The molecule has 13 heavy (non-hydrogen) atoms. The Hall–Kier alpha value is -1.51. The molecule has 1 N–H and O–H groups in total. The number of benzene rings is 1. The molecule has 1 aromatic rings. The summed E-state index contributed by atoms with van der Waals surface area (Å²) in [4.78, 5) is 4.04. The van der Waals surface area contributed by atoms with Gasteiger partial charge in [0.1, 0.15) is 11.5 Å². The standard InChI is InChI=1S/C10H13NO2/c1-3-11-7-8-6-9(13-2)4-5-10(8)12/h4-7,12H,3H2,1-2H3. The van der Waals surface area contributed by atoms with E-state index in [1.165, 1.54) is 0 Å². The molecule has 0 unspecified atom stereocenters. The fourth-order valence-electron chi connectivity index (χ4n) is 0.953. The Kier molecular flexibility index (Phi) is 3.31. The van der Waals surface area contributed by atoms with Gasteiger partial charge >= 0.3 is 0 Å². The van der Waals surface area contributed by atoms with Crippen LogP contribution in [0.3, 0.4) is 0 Å². The predicted molar refractivity (Wildman–Crippen MR) is 52.8 cm³/mol. The van der Waals surface area contributed by atoms with Crippen LogP contribution in [0.2, 0.25) is 0 Å². The summed E-state index contributed by atoms with van der Waals surface area (Å²) in [6, 6.07) is 5.04. The second-order valence-corrected chi connectivity index (χ2v) is 2.55. The number of phenols is 1. The minimum Gasteiger partial charge on any atom is -0.507 e. The summed E-state index contributed by atoms with van der Waals surface area (Å²) in [5.74, 6) is 0.938. The third-order valence-corrected chi connectivity index (χ3v) is 1.65. The Morgan fingerprint density at radius 1 is 1.54 bits per heavy atom. The molecule has 0 radical (unpaired) electrons. The Balaban J connectivity index is 2.97. The smallest absolute Gasteiger partial charge is 0.124 e. The molecule has 1 rings (SSSR count). The van der Waals surface area contributed by atoms with Crippen LogP contribution in [-0.2, 0) is 0 Å². The highest BCUT2D eigenvalue weighted by Gasteiger charge is 1.99. The maximum Gasteiger partial charge on any atom is 0.124 e. The minimum atomic E-state index is 0.220. The van der Waals surface area contributed by atoms with Crippen LogP contribution in [0.4, 0.5) is 0 Å². The topological polar surface area (TPSA) is 41.8 Å². The first-order chi connectivity index (χ1) is 6.27. The van der Waals surface area contributed by atoms with Crippen LogP contribution in [0.15, 0.2) is 23.2 Å². The fraction of sp³-hybridized carbons (Fsp3) is 0.300. The Morgan fingerprint density at radius 3 is 2.92 bits per heavy atom. The van der Waals surface area contributed by atoms with Crippen molar-refractivity contribution in [2.75, 3.05) is 13.7 Å². The zero-order valence-corrected chi connectivity index (χ0v) is 7.82. The third kappa shape index (κ3) is 2.47. The summed E-state index contributed by atoms with van der Waals surface area (Å²) in [6.07, 6.45) is 1.64. The number of aliphatic imine (C=N–C) groups is 1. The number of hydrogen-bond donors (Lipinski definition) is 1. The van der Waals surface area contributed by atoms with Crippen LogP contribution in [-0.4, -0.2) is 25.0 Å². The van der Waals surface area contributed by atoms with E-state index in [-0.39, 0.29) is 5.75 Å². The molecule has 1 aromatic carbocycles. The van der Waals surface area contributed by atoms with Crippen molar-refractivity contribution in [2.24, 2.45) is 4.99 Å². The quantitative estimate of drug-likeness (QED) is 0.719. The van der Waals surface area contributed by atoms with E-state index in [9.17, 15) is 5.11 Å². The Labute approximate surface area is 77.7 Å². The molecule has 0 aromatic heterocycles. The van der Waals surface area contributed by atoms with Gasteiger partial charge in [-0.2, -0.15) is 0 Å². The van der Waals surface area contributed by atoms with E-state index in [1.54, 1.807) is 31.5 Å². The maximum atomic E-state index is 9.41. The number of aromatic hydroxyl groups is 1. The number of phenolic OH excluding ortho intramolecular Hbond substituents is 1. The molecule has 0 saturated heterocycles. The summed E-state index contributed by atoms with van der Waals surface area (Å²) in [5, 5.41) is 9.41. The predicted octanol–water partition coefficient (Wildman–Crippen LogP) is 1.84. The lowest BCUT2D eigenvalue weighted by Gasteiger charge is -2.02.